The molecule has 0 radical (unpaired) electrons. The van der Waals surface area contributed by atoms with Crippen molar-refractivity contribution in [2.24, 2.45) is 0 Å². The molecule has 0 bridgehead atoms. The normalized spacial score (nSPS) is 11.3. The molecular formula is C54H37N. The lowest BCUT2D eigenvalue weighted by atomic mass is 9.91. The smallest absolute Gasteiger partial charge is 0.0546 e. The molecule has 1 heteroatoms. The number of nitrogens with zero attached hydrogens (tertiary/aromatic N) is 1. The molecule has 55 heavy (non-hydrogen) atoms. The summed E-state index contributed by atoms with van der Waals surface area (Å²) >= 11 is 0. The molecule has 0 saturated heterocycles. The lowest BCUT2D eigenvalue weighted by Crippen LogP contribution is -2.12. The van der Waals surface area contributed by atoms with Crippen LogP contribution in [0.3, 0.4) is 0 Å². The molecule has 0 N–H and O–H groups in total. The van der Waals surface area contributed by atoms with E-state index in [9.17, 15) is 0 Å². The molecule has 0 aliphatic heterocycles. The van der Waals surface area contributed by atoms with Crippen molar-refractivity contribution < 1.29 is 0 Å². The Labute approximate surface area is 322 Å². The van der Waals surface area contributed by atoms with Crippen molar-refractivity contribution >= 4 is 49.4 Å². The van der Waals surface area contributed by atoms with Crippen LogP contribution < -0.4 is 4.90 Å². The largest absolute Gasteiger partial charge is 0.310 e. The van der Waals surface area contributed by atoms with Crippen molar-refractivity contribution in [1.29, 1.82) is 0 Å². The van der Waals surface area contributed by atoms with E-state index < -0.39 is 0 Å². The van der Waals surface area contributed by atoms with Crippen LogP contribution in [0.15, 0.2) is 224 Å². The summed E-state index contributed by atoms with van der Waals surface area (Å²) in [6, 6.07) is 81.5. The van der Waals surface area contributed by atoms with Crippen LogP contribution in [0.1, 0.15) is 0 Å². The molecule has 0 aromatic heterocycles. The second kappa shape index (κ2) is 14.0. The SMILES string of the molecule is c1ccc(-c2cccc(N(c3cccc(-c4cccc5ccccc45)c3)c3cccc(-c4cc5ccccc5c5ccccc45)c3)c2-c2ccccc2)cc1. The monoisotopic (exact) mass is 699 g/mol. The van der Waals surface area contributed by atoms with Gasteiger partial charge >= 0.3 is 0 Å². The first-order valence-electron chi connectivity index (χ1n) is 18.9. The fourth-order valence-corrected chi connectivity index (χ4v) is 8.32. The average molecular weight is 700 g/mol. The van der Waals surface area contributed by atoms with Crippen molar-refractivity contribution in [3.8, 4) is 44.5 Å². The molecule has 0 fully saturated rings. The molecule has 0 unspecified atom stereocenters. The first-order valence-corrected chi connectivity index (χ1v) is 18.9. The van der Waals surface area contributed by atoms with Gasteiger partial charge in [-0.2, -0.15) is 0 Å². The van der Waals surface area contributed by atoms with E-state index in [1.165, 1.54) is 76.8 Å². The van der Waals surface area contributed by atoms with Gasteiger partial charge in [0.05, 0.1) is 5.69 Å². The number of benzene rings is 10. The van der Waals surface area contributed by atoms with Gasteiger partial charge in [0.1, 0.15) is 0 Å². The van der Waals surface area contributed by atoms with Gasteiger partial charge in [0.2, 0.25) is 0 Å². The standard InChI is InChI=1S/C54H37N/c1-3-17-39(18-4-1)49-33-16-34-53(54(49)40-20-5-2-6-21-40)55(44-26-13-24-41(35-44)47-32-15-23-38-19-7-9-28-46(38)47)45-27-14-25-42(36-45)52-37-43-22-8-10-29-48(43)50-30-11-12-31-51(50)52/h1-37H. The zero-order valence-corrected chi connectivity index (χ0v) is 30.3. The van der Waals surface area contributed by atoms with Gasteiger partial charge in [0, 0.05) is 16.9 Å². The topological polar surface area (TPSA) is 3.24 Å². The highest BCUT2D eigenvalue weighted by molar-refractivity contribution is 6.14. The van der Waals surface area contributed by atoms with Gasteiger partial charge in [-0.1, -0.05) is 188 Å². The summed E-state index contributed by atoms with van der Waals surface area (Å²) in [7, 11) is 0. The predicted octanol–water partition coefficient (Wildman–Crippen LogP) is 15.3. The number of fused-ring (bicyclic) bond motifs is 4. The number of rotatable bonds is 7. The van der Waals surface area contributed by atoms with E-state index in [-0.39, 0.29) is 0 Å². The van der Waals surface area contributed by atoms with E-state index in [0.717, 1.165) is 17.1 Å². The van der Waals surface area contributed by atoms with Gasteiger partial charge in [0.15, 0.2) is 0 Å². The Morgan fingerprint density at radius 3 is 1.47 bits per heavy atom. The first-order chi connectivity index (χ1) is 27.3. The summed E-state index contributed by atoms with van der Waals surface area (Å²) in [5.41, 5.74) is 12.8. The molecular weight excluding hydrogens is 663 g/mol. The molecule has 0 amide bonds. The zero-order chi connectivity index (χ0) is 36.6. The molecule has 0 aliphatic carbocycles. The van der Waals surface area contributed by atoms with Crippen molar-refractivity contribution in [3.05, 3.63) is 224 Å². The van der Waals surface area contributed by atoms with Gasteiger partial charge < -0.3 is 4.90 Å². The lowest BCUT2D eigenvalue weighted by molar-refractivity contribution is 1.28. The Bertz CT molecular complexity index is 2980. The van der Waals surface area contributed by atoms with Gasteiger partial charge in [0.25, 0.3) is 0 Å². The van der Waals surface area contributed by atoms with Crippen LogP contribution in [-0.2, 0) is 0 Å². The minimum Gasteiger partial charge on any atom is -0.310 e. The van der Waals surface area contributed by atoms with Crippen LogP contribution in [0.5, 0.6) is 0 Å². The van der Waals surface area contributed by atoms with E-state index in [2.05, 4.69) is 229 Å². The molecule has 0 aliphatic rings. The van der Waals surface area contributed by atoms with Crippen molar-refractivity contribution in [2.75, 3.05) is 4.90 Å². The summed E-state index contributed by atoms with van der Waals surface area (Å²) in [5.74, 6) is 0. The first kappa shape index (κ1) is 32.4. The van der Waals surface area contributed by atoms with Crippen LogP contribution in [0, 0.1) is 0 Å². The van der Waals surface area contributed by atoms with Gasteiger partial charge in [-0.15, -0.1) is 0 Å². The summed E-state index contributed by atoms with van der Waals surface area (Å²) in [6.45, 7) is 0. The fourth-order valence-electron chi connectivity index (χ4n) is 8.32. The van der Waals surface area contributed by atoms with E-state index in [1.807, 2.05) is 0 Å². The number of anilines is 3. The Hall–Kier alpha value is -7.22. The van der Waals surface area contributed by atoms with Gasteiger partial charge in [-0.3, -0.25) is 0 Å². The lowest BCUT2D eigenvalue weighted by Gasteiger charge is -2.30. The molecule has 10 aromatic carbocycles. The highest BCUT2D eigenvalue weighted by Gasteiger charge is 2.22. The molecule has 1 nitrogen and oxygen atoms in total. The van der Waals surface area contributed by atoms with Crippen LogP contribution in [0.25, 0.3) is 76.8 Å². The van der Waals surface area contributed by atoms with Crippen LogP contribution >= 0.6 is 0 Å². The second-order valence-corrected chi connectivity index (χ2v) is 14.1. The second-order valence-electron chi connectivity index (χ2n) is 14.1. The summed E-state index contributed by atoms with van der Waals surface area (Å²) in [5, 5.41) is 7.51. The van der Waals surface area contributed by atoms with E-state index in [0.29, 0.717) is 0 Å². The quantitative estimate of drug-likeness (QED) is 0.150. The van der Waals surface area contributed by atoms with Crippen molar-refractivity contribution in [3.63, 3.8) is 0 Å². The molecule has 0 spiro atoms. The maximum absolute atomic E-state index is 2.45. The number of hydrogen-bond acceptors (Lipinski definition) is 1. The number of hydrogen-bond donors (Lipinski definition) is 0. The van der Waals surface area contributed by atoms with Gasteiger partial charge in [-0.05, 0) is 108 Å². The highest BCUT2D eigenvalue weighted by atomic mass is 15.1. The van der Waals surface area contributed by atoms with E-state index in [1.54, 1.807) is 0 Å². The maximum atomic E-state index is 2.45. The van der Waals surface area contributed by atoms with E-state index in [4.69, 9.17) is 0 Å². The Balaban J connectivity index is 1.24. The molecule has 0 saturated carbocycles. The van der Waals surface area contributed by atoms with Crippen molar-refractivity contribution in [1.82, 2.24) is 0 Å². The molecule has 0 atom stereocenters. The van der Waals surface area contributed by atoms with Gasteiger partial charge in [-0.25, -0.2) is 0 Å². The highest BCUT2D eigenvalue weighted by Crippen LogP contribution is 2.47. The fraction of sp³-hybridized carbons (Fsp3) is 0. The molecule has 0 heterocycles. The zero-order valence-electron chi connectivity index (χ0n) is 30.3. The van der Waals surface area contributed by atoms with Crippen LogP contribution in [0.2, 0.25) is 0 Å². The van der Waals surface area contributed by atoms with Crippen molar-refractivity contribution in [2.45, 2.75) is 0 Å². The van der Waals surface area contributed by atoms with Crippen LogP contribution in [-0.4, -0.2) is 0 Å². The maximum Gasteiger partial charge on any atom is 0.0546 e. The van der Waals surface area contributed by atoms with E-state index >= 15 is 0 Å². The minimum absolute atomic E-state index is 1.09. The minimum atomic E-state index is 1.09. The molecule has 258 valence electrons. The molecule has 10 aromatic rings. The third-order valence-corrected chi connectivity index (χ3v) is 10.8. The Morgan fingerprint density at radius 2 is 0.745 bits per heavy atom. The summed E-state index contributed by atoms with van der Waals surface area (Å²) in [4.78, 5) is 2.45. The Morgan fingerprint density at radius 1 is 0.255 bits per heavy atom. The average Bonchev–Trinajstić information content (AvgIpc) is 3.27. The summed E-state index contributed by atoms with van der Waals surface area (Å²) in [6.07, 6.45) is 0. The predicted molar refractivity (Wildman–Crippen MR) is 235 cm³/mol. The third kappa shape index (κ3) is 5.93. The summed E-state index contributed by atoms with van der Waals surface area (Å²) < 4.78 is 0. The Kier molecular flexibility index (Phi) is 8.24. The van der Waals surface area contributed by atoms with Crippen LogP contribution in [0.4, 0.5) is 17.1 Å². The third-order valence-electron chi connectivity index (χ3n) is 10.8. The molecule has 10 rings (SSSR count).